The number of hydrogen-bond acceptors (Lipinski definition) is 4. The van der Waals surface area contributed by atoms with E-state index in [1.165, 1.54) is 0 Å². The average molecular weight is 271 g/mol. The van der Waals surface area contributed by atoms with Gasteiger partial charge in [0.1, 0.15) is 5.75 Å². The Hall–Kier alpha value is -1.91. The van der Waals surface area contributed by atoms with Gasteiger partial charge in [-0.2, -0.15) is 0 Å². The van der Waals surface area contributed by atoms with Gasteiger partial charge in [-0.05, 0) is 43.2 Å². The van der Waals surface area contributed by atoms with Gasteiger partial charge in [-0.1, -0.05) is 18.2 Å². The highest BCUT2D eigenvalue weighted by Crippen LogP contribution is 2.19. The van der Waals surface area contributed by atoms with Crippen LogP contribution in [0, 0.1) is 6.92 Å². The van der Waals surface area contributed by atoms with Gasteiger partial charge < -0.3 is 10.5 Å². The first kappa shape index (κ1) is 14.5. The Morgan fingerprint density at radius 3 is 2.50 bits per heavy atom. The van der Waals surface area contributed by atoms with Gasteiger partial charge in [-0.25, -0.2) is 0 Å². The highest BCUT2D eigenvalue weighted by molar-refractivity contribution is 5.29. The van der Waals surface area contributed by atoms with Crippen LogP contribution in [-0.4, -0.2) is 12.1 Å². The Morgan fingerprint density at radius 1 is 1.20 bits per heavy atom. The highest BCUT2D eigenvalue weighted by atomic mass is 16.5. The Bertz CT molecular complexity index is 554. The third-order valence-electron chi connectivity index (χ3n) is 3.36. The minimum atomic E-state index is -0.239. The van der Waals surface area contributed by atoms with Gasteiger partial charge in [0.15, 0.2) is 0 Å². The molecule has 0 aliphatic rings. The predicted octanol–water partition coefficient (Wildman–Crippen LogP) is 2.71. The van der Waals surface area contributed by atoms with Crippen LogP contribution in [0.5, 0.6) is 5.75 Å². The molecule has 0 aliphatic heterocycles. The van der Waals surface area contributed by atoms with Crippen LogP contribution in [0.2, 0.25) is 0 Å². The second-order valence-electron chi connectivity index (χ2n) is 4.84. The van der Waals surface area contributed by atoms with E-state index in [9.17, 15) is 0 Å². The summed E-state index contributed by atoms with van der Waals surface area (Å²) < 4.78 is 5.14. The van der Waals surface area contributed by atoms with Crippen molar-refractivity contribution in [3.63, 3.8) is 0 Å². The van der Waals surface area contributed by atoms with Gasteiger partial charge in [0.25, 0.3) is 0 Å². The van der Waals surface area contributed by atoms with Crippen LogP contribution in [0.15, 0.2) is 42.6 Å². The molecular weight excluding hydrogens is 250 g/mol. The van der Waals surface area contributed by atoms with Gasteiger partial charge in [0, 0.05) is 12.2 Å². The summed E-state index contributed by atoms with van der Waals surface area (Å²) in [6.45, 7) is 4.12. The van der Waals surface area contributed by atoms with E-state index in [1.807, 2.05) is 30.3 Å². The SMILES string of the molecule is COc1ccc([C@H](N)N[C@@H](C)c2ncccc2C)cc1. The summed E-state index contributed by atoms with van der Waals surface area (Å²) in [5, 5.41) is 3.37. The molecule has 0 aliphatic carbocycles. The number of methoxy groups -OCH3 is 1. The molecule has 2 aromatic rings. The Balaban J connectivity index is 2.06. The molecule has 0 spiro atoms. The van der Waals surface area contributed by atoms with Crippen molar-refractivity contribution in [3.8, 4) is 5.75 Å². The number of nitrogens with one attached hydrogen (secondary N) is 1. The summed E-state index contributed by atoms with van der Waals surface area (Å²) in [6.07, 6.45) is 1.57. The van der Waals surface area contributed by atoms with E-state index >= 15 is 0 Å². The van der Waals surface area contributed by atoms with Crippen LogP contribution in [0.1, 0.15) is 36.0 Å². The monoisotopic (exact) mass is 271 g/mol. The molecule has 20 heavy (non-hydrogen) atoms. The van der Waals surface area contributed by atoms with E-state index in [-0.39, 0.29) is 12.2 Å². The van der Waals surface area contributed by atoms with Crippen LogP contribution < -0.4 is 15.8 Å². The number of ether oxygens (including phenoxy) is 1. The van der Waals surface area contributed by atoms with E-state index < -0.39 is 0 Å². The summed E-state index contributed by atoms with van der Waals surface area (Å²) in [5.41, 5.74) is 9.40. The van der Waals surface area contributed by atoms with Crippen molar-refractivity contribution in [2.75, 3.05) is 7.11 Å². The minimum Gasteiger partial charge on any atom is -0.497 e. The fraction of sp³-hybridized carbons (Fsp3) is 0.312. The number of nitrogens with zero attached hydrogens (tertiary/aromatic N) is 1. The number of pyridine rings is 1. The lowest BCUT2D eigenvalue weighted by Gasteiger charge is -2.21. The van der Waals surface area contributed by atoms with Crippen molar-refractivity contribution in [1.82, 2.24) is 10.3 Å². The number of rotatable bonds is 5. The first-order valence-electron chi connectivity index (χ1n) is 6.69. The van der Waals surface area contributed by atoms with Crippen molar-refractivity contribution < 1.29 is 4.74 Å². The maximum absolute atomic E-state index is 6.20. The van der Waals surface area contributed by atoms with Gasteiger partial charge >= 0.3 is 0 Å². The molecule has 106 valence electrons. The predicted molar refractivity (Wildman–Crippen MR) is 80.4 cm³/mol. The highest BCUT2D eigenvalue weighted by Gasteiger charge is 2.14. The summed E-state index contributed by atoms with van der Waals surface area (Å²) in [5.74, 6) is 0.828. The fourth-order valence-electron chi connectivity index (χ4n) is 2.21. The van der Waals surface area contributed by atoms with Gasteiger partial charge in [-0.3, -0.25) is 10.3 Å². The lowest BCUT2D eigenvalue weighted by atomic mass is 10.1. The van der Waals surface area contributed by atoms with Gasteiger partial charge in [-0.15, -0.1) is 0 Å². The van der Waals surface area contributed by atoms with E-state index in [0.717, 1.165) is 22.6 Å². The molecule has 1 aromatic carbocycles. The molecule has 3 N–H and O–H groups in total. The zero-order chi connectivity index (χ0) is 14.5. The second kappa shape index (κ2) is 6.50. The third kappa shape index (κ3) is 3.35. The van der Waals surface area contributed by atoms with Crippen LogP contribution in [-0.2, 0) is 0 Å². The summed E-state index contributed by atoms with van der Waals surface area (Å²) in [7, 11) is 1.65. The first-order chi connectivity index (χ1) is 9.61. The molecule has 0 bridgehead atoms. The quantitative estimate of drug-likeness (QED) is 0.821. The largest absolute Gasteiger partial charge is 0.497 e. The maximum Gasteiger partial charge on any atom is 0.118 e. The van der Waals surface area contributed by atoms with Crippen molar-refractivity contribution in [3.05, 3.63) is 59.4 Å². The molecule has 0 saturated heterocycles. The van der Waals surface area contributed by atoms with Crippen LogP contribution >= 0.6 is 0 Å². The van der Waals surface area contributed by atoms with Gasteiger partial charge in [0.05, 0.1) is 19.0 Å². The fourth-order valence-corrected chi connectivity index (χ4v) is 2.21. The van der Waals surface area contributed by atoms with Crippen molar-refractivity contribution >= 4 is 0 Å². The normalized spacial score (nSPS) is 13.8. The Labute approximate surface area is 120 Å². The third-order valence-corrected chi connectivity index (χ3v) is 3.36. The molecule has 1 heterocycles. The van der Waals surface area contributed by atoms with Crippen molar-refractivity contribution in [2.24, 2.45) is 5.73 Å². The van der Waals surface area contributed by atoms with E-state index in [4.69, 9.17) is 10.5 Å². The molecule has 2 atom stereocenters. The maximum atomic E-state index is 6.20. The molecule has 2 rings (SSSR count). The second-order valence-corrected chi connectivity index (χ2v) is 4.84. The minimum absolute atomic E-state index is 0.0910. The van der Waals surface area contributed by atoms with Crippen molar-refractivity contribution in [2.45, 2.75) is 26.1 Å². The number of aryl methyl sites for hydroxylation is 1. The molecule has 1 aromatic heterocycles. The first-order valence-corrected chi connectivity index (χ1v) is 6.69. The lowest BCUT2D eigenvalue weighted by Crippen LogP contribution is -2.31. The Kier molecular flexibility index (Phi) is 4.71. The molecule has 4 nitrogen and oxygen atoms in total. The standard InChI is InChI=1S/C16H21N3O/c1-11-5-4-10-18-15(11)12(2)19-16(17)13-6-8-14(20-3)9-7-13/h4-10,12,16,19H,17H2,1-3H3/t12-,16+/m0/s1. The molecule has 0 amide bonds. The van der Waals surface area contributed by atoms with Crippen molar-refractivity contribution in [1.29, 1.82) is 0 Å². The van der Waals surface area contributed by atoms with E-state index in [1.54, 1.807) is 13.3 Å². The molecule has 0 radical (unpaired) electrons. The van der Waals surface area contributed by atoms with E-state index in [0.29, 0.717) is 0 Å². The summed E-state index contributed by atoms with van der Waals surface area (Å²) in [4.78, 5) is 4.41. The van der Waals surface area contributed by atoms with E-state index in [2.05, 4.69) is 30.2 Å². The Morgan fingerprint density at radius 2 is 1.90 bits per heavy atom. The summed E-state index contributed by atoms with van der Waals surface area (Å²) in [6, 6.07) is 11.8. The lowest BCUT2D eigenvalue weighted by molar-refractivity contribution is 0.414. The topological polar surface area (TPSA) is 60.2 Å². The number of nitrogens with two attached hydrogens (primary N) is 1. The van der Waals surface area contributed by atoms with Crippen LogP contribution in [0.25, 0.3) is 0 Å². The van der Waals surface area contributed by atoms with Crippen LogP contribution in [0.4, 0.5) is 0 Å². The zero-order valence-electron chi connectivity index (χ0n) is 12.1. The molecule has 0 fully saturated rings. The molecule has 4 heteroatoms. The van der Waals surface area contributed by atoms with Crippen LogP contribution in [0.3, 0.4) is 0 Å². The summed E-state index contributed by atoms with van der Waals surface area (Å²) >= 11 is 0. The van der Waals surface area contributed by atoms with Gasteiger partial charge in [0.2, 0.25) is 0 Å². The smallest absolute Gasteiger partial charge is 0.118 e. The average Bonchev–Trinajstić information content (AvgIpc) is 2.47. The molecule has 0 unspecified atom stereocenters. The number of hydrogen-bond donors (Lipinski definition) is 2. The number of aromatic nitrogens is 1. The number of benzene rings is 1. The molecular formula is C16H21N3O. The molecule has 0 saturated carbocycles. The zero-order valence-corrected chi connectivity index (χ0v) is 12.1.